The smallest absolute Gasteiger partial charge is 0.338 e. The molecule has 1 aromatic carbocycles. The Morgan fingerprint density at radius 2 is 1.96 bits per heavy atom. The van der Waals surface area contributed by atoms with E-state index in [0.29, 0.717) is 11.3 Å². The highest BCUT2D eigenvalue weighted by atomic mass is 35.5. The van der Waals surface area contributed by atoms with Gasteiger partial charge in [0.05, 0.1) is 27.1 Å². The zero-order valence-electron chi connectivity index (χ0n) is 14.7. The van der Waals surface area contributed by atoms with Crippen LogP contribution in [0.5, 0.6) is 0 Å². The standard InChI is InChI=1S/C18H19Cl2NO5/c1-9-14(17(22)23)15(11-6-5-7-13(19)16(11)20)12(8-21(9)3)18(24)26-10(2)25-4/h5-8,10,15H,1-4H3,(H,22,23). The van der Waals surface area contributed by atoms with Crippen LogP contribution >= 0.6 is 23.2 Å². The molecule has 1 N–H and O–H groups in total. The predicted octanol–water partition coefficient (Wildman–Crippen LogP) is 3.80. The monoisotopic (exact) mass is 399 g/mol. The van der Waals surface area contributed by atoms with E-state index < -0.39 is 24.1 Å². The van der Waals surface area contributed by atoms with Crippen molar-refractivity contribution in [3.63, 3.8) is 0 Å². The summed E-state index contributed by atoms with van der Waals surface area (Å²) in [6, 6.07) is 4.88. The molecule has 1 aliphatic rings. The molecule has 2 atom stereocenters. The van der Waals surface area contributed by atoms with Crippen molar-refractivity contribution in [2.75, 3.05) is 14.2 Å². The number of rotatable bonds is 5. The maximum Gasteiger partial charge on any atom is 0.338 e. The molecule has 0 saturated heterocycles. The summed E-state index contributed by atoms with van der Waals surface area (Å²) in [7, 11) is 3.05. The van der Waals surface area contributed by atoms with Crippen molar-refractivity contribution in [3.05, 3.63) is 56.9 Å². The van der Waals surface area contributed by atoms with Crippen molar-refractivity contribution >= 4 is 35.1 Å². The van der Waals surface area contributed by atoms with Crippen LogP contribution in [0.2, 0.25) is 10.0 Å². The number of hydrogen-bond donors (Lipinski definition) is 1. The lowest BCUT2D eigenvalue weighted by atomic mass is 9.81. The predicted molar refractivity (Wildman–Crippen MR) is 97.9 cm³/mol. The van der Waals surface area contributed by atoms with E-state index in [0.717, 1.165) is 0 Å². The molecule has 2 rings (SSSR count). The molecule has 0 bridgehead atoms. The largest absolute Gasteiger partial charge is 0.478 e. The van der Waals surface area contributed by atoms with E-state index in [-0.39, 0.29) is 21.2 Å². The van der Waals surface area contributed by atoms with Gasteiger partial charge in [0.1, 0.15) is 0 Å². The molecule has 0 spiro atoms. The lowest BCUT2D eigenvalue weighted by Gasteiger charge is -2.32. The molecule has 1 heterocycles. The van der Waals surface area contributed by atoms with E-state index in [1.54, 1.807) is 44.0 Å². The van der Waals surface area contributed by atoms with E-state index in [1.165, 1.54) is 13.3 Å². The Morgan fingerprint density at radius 1 is 1.31 bits per heavy atom. The highest BCUT2D eigenvalue weighted by Crippen LogP contribution is 2.43. The number of nitrogens with zero attached hydrogens (tertiary/aromatic N) is 1. The maximum absolute atomic E-state index is 12.7. The topological polar surface area (TPSA) is 76.1 Å². The first kappa shape index (κ1) is 20.3. The van der Waals surface area contributed by atoms with Gasteiger partial charge in [0.2, 0.25) is 0 Å². The third kappa shape index (κ3) is 3.87. The van der Waals surface area contributed by atoms with E-state index in [2.05, 4.69) is 0 Å². The molecule has 0 aliphatic carbocycles. The SMILES string of the molecule is COC(C)OC(=O)C1=CN(C)C(C)=C(C(=O)O)C1c1cccc(Cl)c1Cl. The third-order valence-corrected chi connectivity index (χ3v) is 5.05. The van der Waals surface area contributed by atoms with Gasteiger partial charge in [0.25, 0.3) is 0 Å². The zero-order chi connectivity index (χ0) is 19.6. The second-order valence-corrected chi connectivity index (χ2v) is 6.57. The number of methoxy groups -OCH3 is 1. The van der Waals surface area contributed by atoms with E-state index in [9.17, 15) is 14.7 Å². The molecule has 8 heteroatoms. The fourth-order valence-corrected chi connectivity index (χ4v) is 3.13. The van der Waals surface area contributed by atoms with Crippen molar-refractivity contribution in [1.29, 1.82) is 0 Å². The van der Waals surface area contributed by atoms with E-state index in [4.69, 9.17) is 32.7 Å². The summed E-state index contributed by atoms with van der Waals surface area (Å²) in [5.74, 6) is -2.78. The minimum Gasteiger partial charge on any atom is -0.478 e. The Balaban J connectivity index is 2.65. The van der Waals surface area contributed by atoms with Gasteiger partial charge in [-0.3, -0.25) is 0 Å². The maximum atomic E-state index is 12.7. The lowest BCUT2D eigenvalue weighted by Crippen LogP contribution is -2.31. The van der Waals surface area contributed by atoms with Crippen LogP contribution in [0.25, 0.3) is 0 Å². The number of ether oxygens (including phenoxy) is 2. The Kier molecular flexibility index (Phi) is 6.34. The van der Waals surface area contributed by atoms with Crippen molar-refractivity contribution in [1.82, 2.24) is 4.90 Å². The van der Waals surface area contributed by atoms with Gasteiger partial charge < -0.3 is 19.5 Å². The number of halogens is 2. The first-order valence-corrected chi connectivity index (χ1v) is 8.50. The van der Waals surface area contributed by atoms with Crippen molar-refractivity contribution < 1.29 is 24.2 Å². The number of esters is 1. The van der Waals surface area contributed by atoms with Crippen LogP contribution in [-0.4, -0.2) is 42.4 Å². The summed E-state index contributed by atoms with van der Waals surface area (Å²) in [6.07, 6.45) is 0.749. The fraction of sp³-hybridized carbons (Fsp3) is 0.333. The number of benzene rings is 1. The van der Waals surface area contributed by atoms with Gasteiger partial charge in [-0.15, -0.1) is 0 Å². The molecular formula is C18H19Cl2NO5. The third-order valence-electron chi connectivity index (χ3n) is 4.21. The van der Waals surface area contributed by atoms with Gasteiger partial charge in [0.15, 0.2) is 6.29 Å². The second-order valence-electron chi connectivity index (χ2n) is 5.78. The Hall–Kier alpha value is -2.02. The van der Waals surface area contributed by atoms with Crippen LogP contribution in [0.1, 0.15) is 25.3 Å². The molecule has 26 heavy (non-hydrogen) atoms. The van der Waals surface area contributed by atoms with Gasteiger partial charge >= 0.3 is 11.9 Å². The average molecular weight is 400 g/mol. The molecule has 1 aliphatic heterocycles. The first-order chi connectivity index (χ1) is 12.2. The van der Waals surface area contributed by atoms with E-state index >= 15 is 0 Å². The second kappa shape index (κ2) is 8.12. The minimum atomic E-state index is -1.16. The van der Waals surface area contributed by atoms with Crippen LogP contribution < -0.4 is 0 Å². The fourth-order valence-electron chi connectivity index (χ4n) is 2.72. The molecule has 6 nitrogen and oxygen atoms in total. The minimum absolute atomic E-state index is 0.0242. The number of hydrogen-bond acceptors (Lipinski definition) is 5. The lowest BCUT2D eigenvalue weighted by molar-refractivity contribution is -0.165. The molecule has 140 valence electrons. The van der Waals surface area contributed by atoms with Crippen molar-refractivity contribution in [2.24, 2.45) is 0 Å². The van der Waals surface area contributed by atoms with Gasteiger partial charge in [-0.05, 0) is 25.5 Å². The highest BCUT2D eigenvalue weighted by Gasteiger charge is 2.38. The molecule has 0 saturated carbocycles. The number of carbonyl (C=O) groups is 2. The summed E-state index contributed by atoms with van der Waals surface area (Å²) in [5, 5.41) is 10.2. The van der Waals surface area contributed by atoms with Crippen LogP contribution in [-0.2, 0) is 19.1 Å². The summed E-state index contributed by atoms with van der Waals surface area (Å²) in [4.78, 5) is 26.2. The Morgan fingerprint density at radius 3 is 2.54 bits per heavy atom. The van der Waals surface area contributed by atoms with Crippen LogP contribution in [0.4, 0.5) is 0 Å². The molecule has 2 unspecified atom stereocenters. The van der Waals surface area contributed by atoms with Crippen LogP contribution in [0.15, 0.2) is 41.2 Å². The zero-order valence-corrected chi connectivity index (χ0v) is 16.3. The van der Waals surface area contributed by atoms with Gasteiger partial charge in [0, 0.05) is 26.1 Å². The number of carbonyl (C=O) groups excluding carboxylic acids is 1. The Bertz CT molecular complexity index is 803. The molecule has 1 aromatic rings. The summed E-state index contributed by atoms with van der Waals surface area (Å²) in [6.45, 7) is 3.22. The van der Waals surface area contributed by atoms with Gasteiger partial charge in [-0.25, -0.2) is 9.59 Å². The number of carboxylic acid groups (broad SMARTS) is 1. The number of allylic oxidation sites excluding steroid dienone is 1. The summed E-state index contributed by atoms with van der Waals surface area (Å²) in [5.41, 5.74) is 1.05. The van der Waals surface area contributed by atoms with Crippen LogP contribution in [0, 0.1) is 0 Å². The Labute approximate surface area is 161 Å². The van der Waals surface area contributed by atoms with Crippen molar-refractivity contribution in [3.8, 4) is 0 Å². The first-order valence-electron chi connectivity index (χ1n) is 7.75. The summed E-state index contributed by atoms with van der Waals surface area (Å²) < 4.78 is 10.2. The molecular weight excluding hydrogens is 381 g/mol. The molecule has 0 fully saturated rings. The molecule has 0 amide bonds. The number of aliphatic carboxylic acids is 1. The number of carboxylic acids is 1. The quantitative estimate of drug-likeness (QED) is 0.599. The normalized spacial score (nSPS) is 18.5. The van der Waals surface area contributed by atoms with Gasteiger partial charge in [-0.2, -0.15) is 0 Å². The molecule has 0 radical (unpaired) electrons. The highest BCUT2D eigenvalue weighted by molar-refractivity contribution is 6.42. The van der Waals surface area contributed by atoms with Gasteiger partial charge in [-0.1, -0.05) is 35.3 Å². The average Bonchev–Trinajstić information content (AvgIpc) is 2.58. The van der Waals surface area contributed by atoms with Crippen molar-refractivity contribution in [2.45, 2.75) is 26.1 Å². The van der Waals surface area contributed by atoms with E-state index in [1.807, 2.05) is 0 Å². The molecule has 0 aromatic heterocycles. The summed E-state index contributed by atoms with van der Waals surface area (Å²) >= 11 is 12.4. The van der Waals surface area contributed by atoms with Crippen LogP contribution in [0.3, 0.4) is 0 Å².